The number of nitrogens with zero attached hydrogens (tertiary/aromatic N) is 1. The Kier molecular flexibility index (Phi) is 3.43. The number of ether oxygens (including phenoxy) is 1. The quantitative estimate of drug-likeness (QED) is 0.638. The predicted octanol–water partition coefficient (Wildman–Crippen LogP) is 0.365. The second-order valence-corrected chi connectivity index (χ2v) is 6.44. The van der Waals surface area contributed by atoms with Crippen LogP contribution in [0.5, 0.6) is 0 Å². The SMILES string of the molecule is CC(C)OC(=O)CN1C(=O)c2ccc(N)cc2S1(=O)=O. The van der Waals surface area contributed by atoms with E-state index in [1.165, 1.54) is 18.2 Å². The van der Waals surface area contributed by atoms with Crippen LogP contribution in [0.1, 0.15) is 24.2 Å². The molecule has 0 unspecified atom stereocenters. The van der Waals surface area contributed by atoms with E-state index in [9.17, 15) is 18.0 Å². The van der Waals surface area contributed by atoms with Crippen LogP contribution in [0, 0.1) is 0 Å². The van der Waals surface area contributed by atoms with Gasteiger partial charge in [-0.1, -0.05) is 0 Å². The summed E-state index contributed by atoms with van der Waals surface area (Å²) in [5, 5.41) is 0. The summed E-state index contributed by atoms with van der Waals surface area (Å²) in [6.45, 7) is 2.62. The van der Waals surface area contributed by atoms with Crippen LogP contribution >= 0.6 is 0 Å². The summed E-state index contributed by atoms with van der Waals surface area (Å²) in [6.07, 6.45) is -0.388. The predicted molar refractivity (Wildman–Crippen MR) is 70.3 cm³/mol. The molecular weight excluding hydrogens is 284 g/mol. The molecular formula is C12H14N2O5S. The van der Waals surface area contributed by atoms with Gasteiger partial charge in [0.2, 0.25) is 0 Å². The molecule has 2 N–H and O–H groups in total. The van der Waals surface area contributed by atoms with Crippen molar-refractivity contribution < 1.29 is 22.7 Å². The van der Waals surface area contributed by atoms with E-state index in [0.717, 1.165) is 0 Å². The van der Waals surface area contributed by atoms with E-state index >= 15 is 0 Å². The smallest absolute Gasteiger partial charge is 0.327 e. The number of carbonyl (C=O) groups excluding carboxylic acids is 2. The number of fused-ring (bicyclic) bond motifs is 1. The van der Waals surface area contributed by atoms with Crippen molar-refractivity contribution in [1.82, 2.24) is 4.31 Å². The fourth-order valence-electron chi connectivity index (χ4n) is 1.87. The van der Waals surface area contributed by atoms with Crippen LogP contribution in [0.25, 0.3) is 0 Å². The van der Waals surface area contributed by atoms with Crippen LogP contribution < -0.4 is 5.73 Å². The fourth-order valence-corrected chi connectivity index (χ4v) is 3.41. The summed E-state index contributed by atoms with van der Waals surface area (Å²) in [4.78, 5) is 23.4. The van der Waals surface area contributed by atoms with Crippen molar-refractivity contribution in [3.8, 4) is 0 Å². The van der Waals surface area contributed by atoms with Crippen molar-refractivity contribution in [2.45, 2.75) is 24.8 Å². The number of amides is 1. The maximum absolute atomic E-state index is 12.2. The molecule has 0 radical (unpaired) electrons. The van der Waals surface area contributed by atoms with Crippen molar-refractivity contribution in [3.05, 3.63) is 23.8 Å². The van der Waals surface area contributed by atoms with Gasteiger partial charge in [-0.3, -0.25) is 9.59 Å². The van der Waals surface area contributed by atoms with E-state index in [0.29, 0.717) is 4.31 Å². The molecule has 0 aliphatic carbocycles. The van der Waals surface area contributed by atoms with E-state index in [-0.39, 0.29) is 22.3 Å². The lowest BCUT2D eigenvalue weighted by Gasteiger charge is -2.15. The maximum atomic E-state index is 12.2. The Balaban J connectivity index is 2.35. The van der Waals surface area contributed by atoms with Crippen molar-refractivity contribution in [2.24, 2.45) is 0 Å². The molecule has 8 heteroatoms. The monoisotopic (exact) mass is 298 g/mol. The highest BCUT2D eigenvalue weighted by molar-refractivity contribution is 7.90. The topological polar surface area (TPSA) is 107 Å². The molecule has 0 spiro atoms. The Morgan fingerprint density at radius 2 is 2.05 bits per heavy atom. The third-order valence-corrected chi connectivity index (χ3v) is 4.44. The zero-order valence-corrected chi connectivity index (χ0v) is 11.8. The molecule has 1 heterocycles. The van der Waals surface area contributed by atoms with E-state index in [4.69, 9.17) is 10.5 Å². The lowest BCUT2D eigenvalue weighted by Crippen LogP contribution is -2.36. The fraction of sp³-hybridized carbons (Fsp3) is 0.333. The van der Waals surface area contributed by atoms with Gasteiger partial charge in [-0.25, -0.2) is 12.7 Å². The number of hydrogen-bond donors (Lipinski definition) is 1. The first kappa shape index (κ1) is 14.3. The molecule has 0 fully saturated rings. The number of nitrogen functional groups attached to an aromatic ring is 1. The molecule has 1 aliphatic heterocycles. The molecule has 1 aromatic carbocycles. The Labute approximate surface area is 116 Å². The molecule has 20 heavy (non-hydrogen) atoms. The van der Waals surface area contributed by atoms with Gasteiger partial charge in [0, 0.05) is 5.69 Å². The Hall–Kier alpha value is -2.09. The minimum atomic E-state index is -4.05. The van der Waals surface area contributed by atoms with Gasteiger partial charge in [0.05, 0.1) is 11.7 Å². The van der Waals surface area contributed by atoms with Crippen molar-refractivity contribution >= 4 is 27.6 Å². The van der Waals surface area contributed by atoms with Gasteiger partial charge in [-0.2, -0.15) is 0 Å². The number of sulfonamides is 1. The lowest BCUT2D eigenvalue weighted by molar-refractivity contribution is -0.147. The number of esters is 1. The number of carbonyl (C=O) groups is 2. The first-order valence-corrected chi connectivity index (χ1v) is 7.33. The second-order valence-electron chi connectivity index (χ2n) is 4.61. The van der Waals surface area contributed by atoms with Crippen LogP contribution in [-0.2, 0) is 19.6 Å². The van der Waals surface area contributed by atoms with Crippen LogP contribution in [0.3, 0.4) is 0 Å². The summed E-state index contributed by atoms with van der Waals surface area (Å²) in [5.74, 6) is -1.53. The average Bonchev–Trinajstić information content (AvgIpc) is 2.50. The van der Waals surface area contributed by atoms with E-state index in [1.54, 1.807) is 13.8 Å². The van der Waals surface area contributed by atoms with Crippen molar-refractivity contribution in [2.75, 3.05) is 12.3 Å². The highest BCUT2D eigenvalue weighted by Gasteiger charge is 2.42. The first-order chi connectivity index (χ1) is 9.23. The number of rotatable bonds is 3. The third kappa shape index (κ3) is 2.34. The molecule has 0 bridgehead atoms. The zero-order chi connectivity index (χ0) is 15.1. The molecule has 108 valence electrons. The van der Waals surface area contributed by atoms with Crippen LogP contribution in [-0.4, -0.2) is 37.2 Å². The van der Waals surface area contributed by atoms with Gasteiger partial charge in [0.15, 0.2) is 0 Å². The summed E-state index contributed by atoms with van der Waals surface area (Å²) >= 11 is 0. The largest absolute Gasteiger partial charge is 0.462 e. The molecule has 7 nitrogen and oxygen atoms in total. The van der Waals surface area contributed by atoms with E-state index < -0.39 is 28.4 Å². The van der Waals surface area contributed by atoms with Crippen molar-refractivity contribution in [3.63, 3.8) is 0 Å². The van der Waals surface area contributed by atoms with Crippen LogP contribution in [0.2, 0.25) is 0 Å². The van der Waals surface area contributed by atoms with Gasteiger partial charge >= 0.3 is 5.97 Å². The molecule has 2 rings (SSSR count). The van der Waals surface area contributed by atoms with E-state index in [1.807, 2.05) is 0 Å². The zero-order valence-electron chi connectivity index (χ0n) is 11.0. The van der Waals surface area contributed by atoms with E-state index in [2.05, 4.69) is 0 Å². The number of anilines is 1. The molecule has 1 amide bonds. The number of hydrogen-bond acceptors (Lipinski definition) is 6. The summed E-state index contributed by atoms with van der Waals surface area (Å²) in [5.41, 5.74) is 5.76. The van der Waals surface area contributed by atoms with Gasteiger partial charge in [-0.15, -0.1) is 0 Å². The summed E-state index contributed by atoms with van der Waals surface area (Å²) in [6, 6.07) is 3.97. The second kappa shape index (κ2) is 4.78. The summed E-state index contributed by atoms with van der Waals surface area (Å²) in [7, 11) is -4.05. The highest BCUT2D eigenvalue weighted by atomic mass is 32.2. The Morgan fingerprint density at radius 1 is 1.40 bits per heavy atom. The Morgan fingerprint density at radius 3 is 2.65 bits per heavy atom. The third-order valence-electron chi connectivity index (χ3n) is 2.67. The standard InChI is InChI=1S/C12H14N2O5S/c1-7(2)19-11(15)6-14-12(16)9-4-3-8(13)5-10(9)20(14,17)18/h3-5,7H,6,13H2,1-2H3. The molecule has 0 aromatic heterocycles. The van der Waals surface area contributed by atoms with Gasteiger partial charge in [0.25, 0.3) is 15.9 Å². The number of benzene rings is 1. The van der Waals surface area contributed by atoms with Gasteiger partial charge < -0.3 is 10.5 Å². The molecule has 0 saturated heterocycles. The Bertz CT molecular complexity index is 681. The normalized spacial score (nSPS) is 16.4. The van der Waals surface area contributed by atoms with Gasteiger partial charge in [-0.05, 0) is 32.0 Å². The lowest BCUT2D eigenvalue weighted by atomic mass is 10.2. The molecule has 0 atom stereocenters. The van der Waals surface area contributed by atoms with Crippen LogP contribution in [0.4, 0.5) is 5.69 Å². The molecule has 1 aliphatic rings. The molecule has 1 aromatic rings. The minimum absolute atomic E-state index is 0.0107. The van der Waals surface area contributed by atoms with Crippen molar-refractivity contribution in [1.29, 1.82) is 0 Å². The van der Waals surface area contributed by atoms with Crippen LogP contribution in [0.15, 0.2) is 23.1 Å². The number of nitrogens with two attached hydrogens (primary N) is 1. The first-order valence-electron chi connectivity index (χ1n) is 5.89. The summed E-state index contributed by atoms with van der Waals surface area (Å²) < 4.78 is 29.8. The highest BCUT2D eigenvalue weighted by Crippen LogP contribution is 2.31. The molecule has 0 saturated carbocycles. The van der Waals surface area contributed by atoms with Gasteiger partial charge in [0.1, 0.15) is 11.4 Å². The maximum Gasteiger partial charge on any atom is 0.327 e. The average molecular weight is 298 g/mol. The minimum Gasteiger partial charge on any atom is -0.462 e.